The van der Waals surface area contributed by atoms with Crippen molar-refractivity contribution < 1.29 is 9.18 Å². The van der Waals surface area contributed by atoms with E-state index < -0.39 is 11.7 Å². The number of carbonyl (C=O) groups excluding carboxylic acids is 1. The van der Waals surface area contributed by atoms with Gasteiger partial charge in [0.15, 0.2) is 0 Å². The maximum Gasteiger partial charge on any atom is 0.260 e. The normalized spacial score (nSPS) is 10.2. The molecule has 0 saturated carbocycles. The summed E-state index contributed by atoms with van der Waals surface area (Å²) < 4.78 is 13.3. The van der Waals surface area contributed by atoms with Gasteiger partial charge >= 0.3 is 0 Å². The fourth-order valence-corrected chi connectivity index (χ4v) is 1.79. The molecular formula is C15H17FN4O. The molecule has 2 aromatic rings. The smallest absolute Gasteiger partial charge is 0.260 e. The SMILES string of the molecule is CCCNc1ncc(F)cc1C(=O)Nc1cccc(C)n1. The summed E-state index contributed by atoms with van der Waals surface area (Å²) in [5.74, 6) is -0.216. The summed E-state index contributed by atoms with van der Waals surface area (Å²) in [6.07, 6.45) is 1.96. The summed E-state index contributed by atoms with van der Waals surface area (Å²) in [7, 11) is 0. The highest BCUT2D eigenvalue weighted by molar-refractivity contribution is 6.07. The first-order valence-corrected chi connectivity index (χ1v) is 6.74. The Morgan fingerprint density at radius 2 is 2.19 bits per heavy atom. The van der Waals surface area contributed by atoms with Crippen molar-refractivity contribution in [3.8, 4) is 0 Å². The van der Waals surface area contributed by atoms with Crippen LogP contribution in [0.2, 0.25) is 0 Å². The molecule has 2 rings (SSSR count). The molecule has 0 aromatic carbocycles. The molecule has 0 unspecified atom stereocenters. The Kier molecular flexibility index (Phi) is 4.81. The van der Waals surface area contributed by atoms with Crippen LogP contribution < -0.4 is 10.6 Å². The number of anilines is 2. The maximum absolute atomic E-state index is 13.3. The van der Waals surface area contributed by atoms with Gasteiger partial charge < -0.3 is 10.6 Å². The quantitative estimate of drug-likeness (QED) is 0.887. The lowest BCUT2D eigenvalue weighted by Crippen LogP contribution is -2.17. The van der Waals surface area contributed by atoms with Crippen LogP contribution in [-0.4, -0.2) is 22.4 Å². The van der Waals surface area contributed by atoms with Crippen molar-refractivity contribution in [1.29, 1.82) is 0 Å². The van der Waals surface area contributed by atoms with Crippen molar-refractivity contribution in [2.75, 3.05) is 17.2 Å². The highest BCUT2D eigenvalue weighted by Crippen LogP contribution is 2.16. The lowest BCUT2D eigenvalue weighted by Gasteiger charge is -2.10. The molecule has 0 saturated heterocycles. The van der Waals surface area contributed by atoms with Crippen LogP contribution in [-0.2, 0) is 0 Å². The molecule has 21 heavy (non-hydrogen) atoms. The summed E-state index contributed by atoms with van der Waals surface area (Å²) in [4.78, 5) is 20.4. The second-order valence-electron chi connectivity index (χ2n) is 4.59. The number of nitrogens with one attached hydrogen (secondary N) is 2. The molecule has 0 radical (unpaired) electrons. The van der Waals surface area contributed by atoms with Gasteiger partial charge in [-0.3, -0.25) is 4.79 Å². The predicted molar refractivity (Wildman–Crippen MR) is 79.9 cm³/mol. The van der Waals surface area contributed by atoms with Gasteiger partial charge in [0.25, 0.3) is 5.91 Å². The number of hydrogen-bond donors (Lipinski definition) is 2. The van der Waals surface area contributed by atoms with Gasteiger partial charge in [0.1, 0.15) is 17.5 Å². The van der Waals surface area contributed by atoms with Gasteiger partial charge in [0, 0.05) is 12.2 Å². The monoisotopic (exact) mass is 288 g/mol. The minimum atomic E-state index is -0.556. The van der Waals surface area contributed by atoms with Crippen molar-refractivity contribution in [2.45, 2.75) is 20.3 Å². The Labute approximate surface area is 122 Å². The number of aryl methyl sites for hydroxylation is 1. The van der Waals surface area contributed by atoms with E-state index in [2.05, 4.69) is 20.6 Å². The fourth-order valence-electron chi connectivity index (χ4n) is 1.79. The molecule has 1 amide bonds. The molecule has 2 N–H and O–H groups in total. The summed E-state index contributed by atoms with van der Waals surface area (Å²) in [6, 6.07) is 6.46. The van der Waals surface area contributed by atoms with Gasteiger partial charge in [0.2, 0.25) is 0 Å². The molecule has 2 heterocycles. The number of halogens is 1. The van der Waals surface area contributed by atoms with Crippen molar-refractivity contribution in [2.24, 2.45) is 0 Å². The van der Waals surface area contributed by atoms with E-state index in [1.54, 1.807) is 12.1 Å². The van der Waals surface area contributed by atoms with Crippen molar-refractivity contribution >= 4 is 17.5 Å². The molecule has 110 valence electrons. The molecular weight excluding hydrogens is 271 g/mol. The third kappa shape index (κ3) is 3.98. The Morgan fingerprint density at radius 1 is 1.38 bits per heavy atom. The zero-order valence-electron chi connectivity index (χ0n) is 12.0. The molecule has 6 heteroatoms. The van der Waals surface area contributed by atoms with Gasteiger partial charge in [-0.25, -0.2) is 14.4 Å². The Morgan fingerprint density at radius 3 is 2.90 bits per heavy atom. The second kappa shape index (κ2) is 6.78. The first-order chi connectivity index (χ1) is 10.1. The summed E-state index contributed by atoms with van der Waals surface area (Å²) in [6.45, 7) is 4.47. The second-order valence-corrected chi connectivity index (χ2v) is 4.59. The number of carbonyl (C=O) groups is 1. The fraction of sp³-hybridized carbons (Fsp3) is 0.267. The first kappa shape index (κ1) is 14.9. The van der Waals surface area contributed by atoms with E-state index in [1.165, 1.54) is 0 Å². The number of aromatic nitrogens is 2. The third-order valence-corrected chi connectivity index (χ3v) is 2.77. The minimum Gasteiger partial charge on any atom is -0.369 e. The number of amides is 1. The molecule has 0 bridgehead atoms. The van der Waals surface area contributed by atoms with Crippen molar-refractivity contribution in [3.05, 3.63) is 47.5 Å². The summed E-state index contributed by atoms with van der Waals surface area (Å²) in [5.41, 5.74) is 0.946. The highest BCUT2D eigenvalue weighted by Gasteiger charge is 2.14. The predicted octanol–water partition coefficient (Wildman–Crippen LogP) is 3.00. The molecule has 0 atom stereocenters. The van der Waals surface area contributed by atoms with E-state index in [1.807, 2.05) is 19.9 Å². The van der Waals surface area contributed by atoms with Crippen LogP contribution in [0.3, 0.4) is 0 Å². The maximum atomic E-state index is 13.3. The van der Waals surface area contributed by atoms with Crippen LogP contribution in [0.5, 0.6) is 0 Å². The van der Waals surface area contributed by atoms with E-state index in [4.69, 9.17) is 0 Å². The lowest BCUT2D eigenvalue weighted by atomic mass is 10.2. The van der Waals surface area contributed by atoms with E-state index in [9.17, 15) is 9.18 Å². The lowest BCUT2D eigenvalue weighted by molar-refractivity contribution is 0.102. The molecule has 0 aliphatic heterocycles. The van der Waals surface area contributed by atoms with Gasteiger partial charge in [-0.15, -0.1) is 0 Å². The molecule has 0 aliphatic carbocycles. The van der Waals surface area contributed by atoms with Crippen LogP contribution in [0.15, 0.2) is 30.5 Å². The third-order valence-electron chi connectivity index (χ3n) is 2.77. The highest BCUT2D eigenvalue weighted by atomic mass is 19.1. The number of hydrogen-bond acceptors (Lipinski definition) is 4. The minimum absolute atomic E-state index is 0.159. The summed E-state index contributed by atoms with van der Waals surface area (Å²) in [5, 5.41) is 5.66. The van der Waals surface area contributed by atoms with Gasteiger partial charge in [-0.1, -0.05) is 13.0 Å². The largest absolute Gasteiger partial charge is 0.369 e. The van der Waals surface area contributed by atoms with E-state index in [0.717, 1.165) is 24.4 Å². The van der Waals surface area contributed by atoms with Crippen LogP contribution in [0.1, 0.15) is 29.4 Å². The van der Waals surface area contributed by atoms with Crippen LogP contribution in [0.25, 0.3) is 0 Å². The summed E-state index contributed by atoms with van der Waals surface area (Å²) >= 11 is 0. The number of rotatable bonds is 5. The number of pyridine rings is 2. The molecule has 2 aromatic heterocycles. The zero-order valence-corrected chi connectivity index (χ0v) is 12.0. The number of nitrogens with zero attached hydrogens (tertiary/aromatic N) is 2. The van der Waals surface area contributed by atoms with Crippen molar-refractivity contribution in [3.63, 3.8) is 0 Å². The van der Waals surface area contributed by atoms with Crippen LogP contribution in [0, 0.1) is 12.7 Å². The van der Waals surface area contributed by atoms with E-state index in [0.29, 0.717) is 18.2 Å². The Bertz CT molecular complexity index is 645. The molecule has 0 spiro atoms. The van der Waals surface area contributed by atoms with E-state index >= 15 is 0 Å². The molecule has 0 aliphatic rings. The van der Waals surface area contributed by atoms with Crippen LogP contribution in [0.4, 0.5) is 16.0 Å². The Balaban J connectivity index is 2.23. The molecule has 0 fully saturated rings. The van der Waals surface area contributed by atoms with E-state index in [-0.39, 0.29) is 5.56 Å². The Hall–Kier alpha value is -2.50. The van der Waals surface area contributed by atoms with Crippen molar-refractivity contribution in [1.82, 2.24) is 9.97 Å². The van der Waals surface area contributed by atoms with Gasteiger partial charge in [-0.2, -0.15) is 0 Å². The average molecular weight is 288 g/mol. The van der Waals surface area contributed by atoms with Gasteiger partial charge in [0.05, 0.1) is 11.8 Å². The van der Waals surface area contributed by atoms with Gasteiger partial charge in [-0.05, 0) is 31.5 Å². The van der Waals surface area contributed by atoms with Crippen LogP contribution >= 0.6 is 0 Å². The molecule has 5 nitrogen and oxygen atoms in total. The first-order valence-electron chi connectivity index (χ1n) is 6.74. The average Bonchev–Trinajstić information content (AvgIpc) is 2.46. The standard InChI is InChI=1S/C15H17FN4O/c1-3-7-17-14-12(8-11(16)9-18-14)15(21)20-13-6-4-5-10(2)19-13/h4-6,8-9H,3,7H2,1-2H3,(H,17,18)(H,19,20,21). The topological polar surface area (TPSA) is 66.9 Å². The zero-order chi connectivity index (χ0) is 15.2.